The third-order valence-corrected chi connectivity index (χ3v) is 8.60. The molecule has 1 aromatic carbocycles. The lowest BCUT2D eigenvalue weighted by atomic mass is 9.83. The first-order chi connectivity index (χ1) is 18.7. The average Bonchev–Trinajstić information content (AvgIpc) is 3.46. The van der Waals surface area contributed by atoms with Crippen LogP contribution in [0.15, 0.2) is 83.7 Å². The van der Waals surface area contributed by atoms with Gasteiger partial charge in [0.05, 0.1) is 6.26 Å². The van der Waals surface area contributed by atoms with Crippen molar-refractivity contribution in [3.8, 4) is 22.5 Å². The number of carbonyl (C=O) groups excluding carboxylic acids is 1. The average molecular weight is 508 g/mol. The van der Waals surface area contributed by atoms with E-state index in [9.17, 15) is 4.79 Å². The third-order valence-electron chi connectivity index (χ3n) is 8.60. The molecule has 4 aliphatic rings. The Kier molecular flexibility index (Phi) is 7.54. The summed E-state index contributed by atoms with van der Waals surface area (Å²) in [5.41, 5.74) is 5.39. The maximum Gasteiger partial charge on any atom is 0.251 e. The van der Waals surface area contributed by atoms with Crippen LogP contribution < -0.4 is 5.32 Å². The molecule has 1 atom stereocenters. The minimum atomic E-state index is 0.0366. The summed E-state index contributed by atoms with van der Waals surface area (Å²) in [5.74, 6) is 1.75. The molecule has 2 aliphatic carbocycles. The van der Waals surface area contributed by atoms with Crippen molar-refractivity contribution in [1.29, 1.82) is 0 Å². The van der Waals surface area contributed by atoms with Gasteiger partial charge < -0.3 is 9.73 Å². The van der Waals surface area contributed by atoms with E-state index in [0.717, 1.165) is 47.8 Å². The van der Waals surface area contributed by atoms with E-state index < -0.39 is 0 Å². The Labute approximate surface area is 225 Å². The Morgan fingerprint density at radius 3 is 2.58 bits per heavy atom. The zero-order valence-corrected chi connectivity index (χ0v) is 22.0. The summed E-state index contributed by atoms with van der Waals surface area (Å²) in [4.78, 5) is 19.7. The van der Waals surface area contributed by atoms with E-state index >= 15 is 0 Å². The highest BCUT2D eigenvalue weighted by molar-refractivity contribution is 5.94. The van der Waals surface area contributed by atoms with Crippen LogP contribution in [0, 0.1) is 5.92 Å². The summed E-state index contributed by atoms with van der Waals surface area (Å²) in [6.07, 6.45) is 15.1. The number of nitrogens with one attached hydrogen (secondary N) is 1. The predicted octanol–water partition coefficient (Wildman–Crippen LogP) is 7.35. The first-order valence-corrected chi connectivity index (χ1v) is 14.3. The molecule has 3 heterocycles. The standard InChI is InChI=1S/C33H37N3O2/c37-33(26-13-11-25(12-14-26)28-6-4-18-34-22-28)35-30-15-9-24(10-16-30)17-20-36-19-2-1-7-31(36)29-21-27-5-3-8-32(27)38-23-29/h3-6,8,11-14,18,21-24,30-31H,1-2,7,9-10,15-17,19-20H2,(H,35,37)/t24-,30-,31?. The van der Waals surface area contributed by atoms with Gasteiger partial charge in [0.25, 0.3) is 5.91 Å². The molecule has 0 spiro atoms. The van der Waals surface area contributed by atoms with Crippen molar-refractivity contribution in [2.45, 2.75) is 63.5 Å². The molecule has 1 saturated heterocycles. The third kappa shape index (κ3) is 5.68. The number of nitrogens with zero attached hydrogens (tertiary/aromatic N) is 2. The van der Waals surface area contributed by atoms with Gasteiger partial charge in [-0.3, -0.25) is 14.7 Å². The van der Waals surface area contributed by atoms with Gasteiger partial charge >= 0.3 is 0 Å². The molecule has 1 saturated carbocycles. The van der Waals surface area contributed by atoms with Gasteiger partial charge in [-0.05, 0) is 105 Å². The fourth-order valence-electron chi connectivity index (χ4n) is 6.36. The monoisotopic (exact) mass is 507 g/mol. The quantitative estimate of drug-likeness (QED) is 0.284. The highest BCUT2D eigenvalue weighted by atomic mass is 16.3. The van der Waals surface area contributed by atoms with Crippen LogP contribution >= 0.6 is 0 Å². The second-order valence-electron chi connectivity index (χ2n) is 11.1. The molecule has 6 rings (SSSR count). The van der Waals surface area contributed by atoms with Gasteiger partial charge in [0.2, 0.25) is 0 Å². The number of fused-ring (bicyclic) bond motifs is 1. The molecular weight excluding hydrogens is 470 g/mol. The largest absolute Gasteiger partial charge is 0.464 e. The van der Waals surface area contributed by atoms with Gasteiger partial charge in [0.1, 0.15) is 5.76 Å². The second-order valence-corrected chi connectivity index (χ2v) is 11.1. The zero-order valence-electron chi connectivity index (χ0n) is 22.0. The van der Waals surface area contributed by atoms with Crippen LogP contribution in [0.25, 0.3) is 22.5 Å². The minimum absolute atomic E-state index is 0.0366. The van der Waals surface area contributed by atoms with Crippen LogP contribution in [-0.4, -0.2) is 34.9 Å². The van der Waals surface area contributed by atoms with Crippen LogP contribution in [0.3, 0.4) is 0 Å². The van der Waals surface area contributed by atoms with E-state index in [0.29, 0.717) is 6.04 Å². The molecular formula is C33H37N3O2. The summed E-state index contributed by atoms with van der Waals surface area (Å²) < 4.78 is 5.92. The summed E-state index contributed by atoms with van der Waals surface area (Å²) >= 11 is 0. The fraction of sp³-hybridized carbons (Fsp3) is 0.394. The van der Waals surface area contributed by atoms with Crippen molar-refractivity contribution >= 4 is 5.91 Å². The molecule has 5 nitrogen and oxygen atoms in total. The van der Waals surface area contributed by atoms with Crippen LogP contribution in [0.4, 0.5) is 0 Å². The molecule has 1 aromatic heterocycles. The number of carbonyl (C=O) groups is 1. The number of benzene rings is 1. The van der Waals surface area contributed by atoms with E-state index in [1.807, 2.05) is 54.9 Å². The highest BCUT2D eigenvalue weighted by Crippen LogP contribution is 2.36. The molecule has 1 N–H and O–H groups in total. The maximum atomic E-state index is 12.9. The Bertz CT molecular complexity index is 1290. The van der Waals surface area contributed by atoms with Gasteiger partial charge in [-0.1, -0.05) is 36.8 Å². The van der Waals surface area contributed by atoms with Gasteiger partial charge in [-0.2, -0.15) is 0 Å². The molecule has 1 amide bonds. The van der Waals surface area contributed by atoms with Crippen molar-refractivity contribution in [3.05, 3.63) is 90.4 Å². The summed E-state index contributed by atoms with van der Waals surface area (Å²) in [5, 5.41) is 3.29. The molecule has 0 bridgehead atoms. The summed E-state index contributed by atoms with van der Waals surface area (Å²) in [6, 6.07) is 21.1. The van der Waals surface area contributed by atoms with Gasteiger partial charge in [-0.25, -0.2) is 0 Å². The highest BCUT2D eigenvalue weighted by Gasteiger charge is 2.28. The number of likely N-dealkylation sites (tertiary alicyclic amines) is 1. The SMILES string of the molecule is O=C(N[C@H]1CC[C@H](CCN2CCCCC2c2coc3cccc-3c2)CC1)c1ccc(-c2cccnc2)cc1. The number of piperidine rings is 1. The molecule has 2 aromatic rings. The number of hydrogen-bond acceptors (Lipinski definition) is 4. The number of rotatable bonds is 7. The van der Waals surface area contributed by atoms with Crippen molar-refractivity contribution < 1.29 is 9.21 Å². The molecule has 38 heavy (non-hydrogen) atoms. The van der Waals surface area contributed by atoms with Crippen LogP contribution in [0.2, 0.25) is 0 Å². The van der Waals surface area contributed by atoms with Crippen molar-refractivity contribution in [2.24, 2.45) is 5.92 Å². The van der Waals surface area contributed by atoms with E-state index in [1.54, 1.807) is 6.20 Å². The van der Waals surface area contributed by atoms with Crippen molar-refractivity contribution in [2.75, 3.05) is 13.1 Å². The molecule has 2 aliphatic heterocycles. The van der Waals surface area contributed by atoms with Crippen molar-refractivity contribution in [3.63, 3.8) is 0 Å². The number of amides is 1. The molecule has 2 fully saturated rings. The van der Waals surface area contributed by atoms with E-state index in [1.165, 1.54) is 56.2 Å². The van der Waals surface area contributed by atoms with Gasteiger partial charge in [0, 0.05) is 41.2 Å². The maximum absolute atomic E-state index is 12.9. The Hall–Kier alpha value is -3.44. The topological polar surface area (TPSA) is 58.4 Å². The van der Waals surface area contributed by atoms with Crippen LogP contribution in [0.5, 0.6) is 0 Å². The van der Waals surface area contributed by atoms with E-state index in [4.69, 9.17) is 4.42 Å². The first kappa shape index (κ1) is 24.9. The van der Waals surface area contributed by atoms with Crippen LogP contribution in [-0.2, 0) is 0 Å². The molecule has 196 valence electrons. The van der Waals surface area contributed by atoms with Crippen molar-refractivity contribution in [1.82, 2.24) is 15.2 Å². The summed E-state index contributed by atoms with van der Waals surface area (Å²) in [7, 11) is 0. The smallest absolute Gasteiger partial charge is 0.251 e. The lowest BCUT2D eigenvalue weighted by Crippen LogP contribution is -2.39. The zero-order chi connectivity index (χ0) is 25.7. The Morgan fingerprint density at radius 1 is 0.921 bits per heavy atom. The molecule has 1 unspecified atom stereocenters. The lowest BCUT2D eigenvalue weighted by Gasteiger charge is -2.37. The Morgan fingerprint density at radius 2 is 1.76 bits per heavy atom. The fourth-order valence-corrected chi connectivity index (χ4v) is 6.36. The molecule has 0 radical (unpaired) electrons. The first-order valence-electron chi connectivity index (χ1n) is 14.3. The number of aromatic nitrogens is 1. The predicted molar refractivity (Wildman–Crippen MR) is 151 cm³/mol. The van der Waals surface area contributed by atoms with Crippen LogP contribution in [0.1, 0.15) is 73.3 Å². The number of pyridine rings is 1. The summed E-state index contributed by atoms with van der Waals surface area (Å²) in [6.45, 7) is 2.32. The molecule has 5 heteroatoms. The minimum Gasteiger partial charge on any atom is -0.464 e. The lowest BCUT2D eigenvalue weighted by molar-refractivity contribution is 0.0915. The second kappa shape index (κ2) is 11.5. The van der Waals surface area contributed by atoms with Gasteiger partial charge in [0.15, 0.2) is 0 Å². The normalized spacial score (nSPS) is 22.4. The van der Waals surface area contributed by atoms with E-state index in [2.05, 4.69) is 33.4 Å². The van der Waals surface area contributed by atoms with E-state index in [-0.39, 0.29) is 11.9 Å². The number of hydrogen-bond donors (Lipinski definition) is 1. The Balaban J connectivity index is 0.981. The van der Waals surface area contributed by atoms with Gasteiger partial charge in [-0.15, -0.1) is 0 Å².